The van der Waals surface area contributed by atoms with Crippen molar-refractivity contribution in [1.82, 2.24) is 0 Å². The Kier molecular flexibility index (Phi) is 8.58. The first-order chi connectivity index (χ1) is 8.84. The van der Waals surface area contributed by atoms with Crippen molar-refractivity contribution in [2.45, 2.75) is 51.4 Å². The van der Waals surface area contributed by atoms with Gasteiger partial charge in [-0.3, -0.25) is 0 Å². The maximum atomic E-state index is 5.67. The lowest BCUT2D eigenvalue weighted by molar-refractivity contribution is 0.125. The molecule has 0 aliphatic heterocycles. The third-order valence-electron chi connectivity index (χ3n) is 3.27. The SMILES string of the molecule is [CH2]C(CCOCCCCCCC)c1ccccc1. The average molecular weight is 247 g/mol. The highest BCUT2D eigenvalue weighted by atomic mass is 16.5. The van der Waals surface area contributed by atoms with Crippen molar-refractivity contribution in [2.75, 3.05) is 13.2 Å². The molecule has 1 nitrogen and oxygen atoms in total. The fraction of sp³-hybridized carbons (Fsp3) is 0.588. The second-order valence-corrected chi connectivity index (χ2v) is 4.92. The van der Waals surface area contributed by atoms with Gasteiger partial charge in [-0.15, -0.1) is 0 Å². The molecule has 0 fully saturated rings. The zero-order chi connectivity index (χ0) is 13.1. The van der Waals surface area contributed by atoms with Crippen LogP contribution in [0, 0.1) is 6.92 Å². The normalized spacial score (nSPS) is 12.6. The molecule has 0 N–H and O–H groups in total. The molecule has 1 aromatic carbocycles. The third-order valence-corrected chi connectivity index (χ3v) is 3.27. The van der Waals surface area contributed by atoms with Crippen molar-refractivity contribution in [1.29, 1.82) is 0 Å². The van der Waals surface area contributed by atoms with Gasteiger partial charge in [-0.2, -0.15) is 0 Å². The zero-order valence-corrected chi connectivity index (χ0v) is 11.7. The van der Waals surface area contributed by atoms with E-state index in [1.807, 2.05) is 6.07 Å². The minimum absolute atomic E-state index is 0.353. The van der Waals surface area contributed by atoms with Gasteiger partial charge in [0.05, 0.1) is 0 Å². The number of unbranched alkanes of at least 4 members (excludes halogenated alkanes) is 4. The molecule has 1 unspecified atom stereocenters. The summed E-state index contributed by atoms with van der Waals surface area (Å²) in [4.78, 5) is 0. The Labute approximate surface area is 113 Å². The van der Waals surface area contributed by atoms with Crippen molar-refractivity contribution < 1.29 is 4.74 Å². The van der Waals surface area contributed by atoms with E-state index < -0.39 is 0 Å². The summed E-state index contributed by atoms with van der Waals surface area (Å²) in [5.74, 6) is 0.353. The average Bonchev–Trinajstić information content (AvgIpc) is 2.42. The van der Waals surface area contributed by atoms with Crippen LogP contribution in [0.1, 0.15) is 56.9 Å². The van der Waals surface area contributed by atoms with E-state index in [-0.39, 0.29) is 0 Å². The lowest BCUT2D eigenvalue weighted by atomic mass is 9.98. The number of benzene rings is 1. The third kappa shape index (κ3) is 6.80. The van der Waals surface area contributed by atoms with Gasteiger partial charge < -0.3 is 4.74 Å². The van der Waals surface area contributed by atoms with Gasteiger partial charge in [0.15, 0.2) is 0 Å². The minimum Gasteiger partial charge on any atom is -0.381 e. The first-order valence-electron chi connectivity index (χ1n) is 7.30. The predicted octanol–water partition coefficient (Wildman–Crippen LogP) is 4.98. The summed E-state index contributed by atoms with van der Waals surface area (Å²) < 4.78 is 5.67. The highest BCUT2D eigenvalue weighted by molar-refractivity contribution is 5.20. The second kappa shape index (κ2) is 10.1. The highest BCUT2D eigenvalue weighted by Crippen LogP contribution is 2.17. The quantitative estimate of drug-likeness (QED) is 0.530. The Morgan fingerprint density at radius 3 is 2.44 bits per heavy atom. The summed E-state index contributed by atoms with van der Waals surface area (Å²) in [5.41, 5.74) is 1.31. The molecule has 0 aliphatic rings. The van der Waals surface area contributed by atoms with Gasteiger partial charge in [0.1, 0.15) is 0 Å². The lowest BCUT2D eigenvalue weighted by Crippen LogP contribution is -2.02. The molecule has 0 amide bonds. The summed E-state index contributed by atoms with van der Waals surface area (Å²) in [7, 11) is 0. The van der Waals surface area contributed by atoms with E-state index in [9.17, 15) is 0 Å². The summed E-state index contributed by atoms with van der Waals surface area (Å²) >= 11 is 0. The molecule has 0 heterocycles. The van der Waals surface area contributed by atoms with Crippen molar-refractivity contribution in [3.63, 3.8) is 0 Å². The van der Waals surface area contributed by atoms with Gasteiger partial charge in [0.2, 0.25) is 0 Å². The maximum absolute atomic E-state index is 5.67. The smallest absolute Gasteiger partial charge is 0.0471 e. The molecule has 0 bridgehead atoms. The standard InChI is InChI=1S/C17H27O/c1-3-4-5-6-10-14-18-15-13-16(2)17-11-8-7-9-12-17/h7-9,11-12,16H,2-6,10,13-15H2,1H3. The Balaban J connectivity index is 1.98. The molecule has 101 valence electrons. The van der Waals surface area contributed by atoms with E-state index in [0.29, 0.717) is 5.92 Å². The fourth-order valence-electron chi connectivity index (χ4n) is 2.03. The van der Waals surface area contributed by atoms with Crippen LogP contribution in [-0.4, -0.2) is 13.2 Å². The van der Waals surface area contributed by atoms with Gasteiger partial charge >= 0.3 is 0 Å². The van der Waals surface area contributed by atoms with E-state index in [1.165, 1.54) is 37.7 Å². The van der Waals surface area contributed by atoms with Crippen LogP contribution in [-0.2, 0) is 4.74 Å². The van der Waals surface area contributed by atoms with Crippen LogP contribution in [0.2, 0.25) is 0 Å². The van der Waals surface area contributed by atoms with E-state index in [4.69, 9.17) is 4.74 Å². The van der Waals surface area contributed by atoms with E-state index in [0.717, 1.165) is 19.6 Å². The van der Waals surface area contributed by atoms with Crippen molar-refractivity contribution in [3.05, 3.63) is 42.8 Å². The first kappa shape index (κ1) is 15.2. The lowest BCUT2D eigenvalue weighted by Gasteiger charge is -2.11. The molecule has 0 saturated heterocycles. The first-order valence-corrected chi connectivity index (χ1v) is 7.30. The van der Waals surface area contributed by atoms with Crippen LogP contribution >= 0.6 is 0 Å². The summed E-state index contributed by atoms with van der Waals surface area (Å²) in [6, 6.07) is 10.5. The predicted molar refractivity (Wildman–Crippen MR) is 78.7 cm³/mol. The zero-order valence-electron chi connectivity index (χ0n) is 11.7. The molecule has 1 rings (SSSR count). The molecule has 0 aliphatic carbocycles. The summed E-state index contributed by atoms with van der Waals surface area (Å²) in [5, 5.41) is 0. The van der Waals surface area contributed by atoms with Crippen LogP contribution in [0.25, 0.3) is 0 Å². The van der Waals surface area contributed by atoms with Crippen LogP contribution in [0.5, 0.6) is 0 Å². The Morgan fingerprint density at radius 1 is 1.00 bits per heavy atom. The van der Waals surface area contributed by atoms with Crippen LogP contribution in [0.4, 0.5) is 0 Å². The summed E-state index contributed by atoms with van der Waals surface area (Å²) in [6.07, 6.45) is 7.53. The molecule has 0 spiro atoms. The Hall–Kier alpha value is -0.820. The highest BCUT2D eigenvalue weighted by Gasteiger charge is 2.04. The number of rotatable bonds is 10. The minimum atomic E-state index is 0.353. The van der Waals surface area contributed by atoms with E-state index >= 15 is 0 Å². The van der Waals surface area contributed by atoms with Gasteiger partial charge in [-0.05, 0) is 31.2 Å². The second-order valence-electron chi connectivity index (χ2n) is 4.92. The van der Waals surface area contributed by atoms with Crippen LogP contribution in [0.15, 0.2) is 30.3 Å². The fourth-order valence-corrected chi connectivity index (χ4v) is 2.03. The molecular weight excluding hydrogens is 220 g/mol. The maximum Gasteiger partial charge on any atom is 0.0471 e. The van der Waals surface area contributed by atoms with Crippen molar-refractivity contribution in [2.24, 2.45) is 0 Å². The van der Waals surface area contributed by atoms with Gasteiger partial charge in [-0.1, -0.05) is 62.9 Å². The number of hydrogen-bond donors (Lipinski definition) is 0. The van der Waals surface area contributed by atoms with Crippen molar-refractivity contribution in [3.8, 4) is 0 Å². The molecule has 0 saturated carbocycles. The molecule has 1 radical (unpaired) electrons. The van der Waals surface area contributed by atoms with Gasteiger partial charge in [0, 0.05) is 13.2 Å². The molecule has 1 heteroatoms. The molecule has 1 aromatic rings. The summed E-state index contributed by atoms with van der Waals surface area (Å²) in [6.45, 7) is 8.17. The molecule has 18 heavy (non-hydrogen) atoms. The van der Waals surface area contributed by atoms with Gasteiger partial charge in [0.25, 0.3) is 0 Å². The number of hydrogen-bond acceptors (Lipinski definition) is 1. The topological polar surface area (TPSA) is 9.23 Å². The largest absolute Gasteiger partial charge is 0.381 e. The van der Waals surface area contributed by atoms with Crippen LogP contribution < -0.4 is 0 Å². The molecule has 0 aromatic heterocycles. The van der Waals surface area contributed by atoms with Crippen LogP contribution in [0.3, 0.4) is 0 Å². The van der Waals surface area contributed by atoms with E-state index in [1.54, 1.807) is 0 Å². The van der Waals surface area contributed by atoms with Gasteiger partial charge in [-0.25, -0.2) is 0 Å². The van der Waals surface area contributed by atoms with Crippen molar-refractivity contribution >= 4 is 0 Å². The Morgan fingerprint density at radius 2 is 1.72 bits per heavy atom. The van der Waals surface area contributed by atoms with E-state index in [2.05, 4.69) is 38.1 Å². The Bertz CT molecular complexity index is 281. The molecule has 1 atom stereocenters. The molecular formula is C17H27O. The number of ether oxygens (including phenoxy) is 1. The monoisotopic (exact) mass is 247 g/mol.